The van der Waals surface area contributed by atoms with Gasteiger partial charge in [0, 0.05) is 23.4 Å². The standard InChI is InChI=1S/C14H16BrN5/c1-3-6-20-11(4-5-17-20)12-13(16)19-8-10(15)7-9(2)14(19)18-12/h4-5,7-8H,3,6,16H2,1-2H3. The van der Waals surface area contributed by atoms with E-state index >= 15 is 0 Å². The number of pyridine rings is 1. The van der Waals surface area contributed by atoms with Gasteiger partial charge in [-0.05, 0) is 47.0 Å². The van der Waals surface area contributed by atoms with Gasteiger partial charge in [-0.3, -0.25) is 9.08 Å². The second-order valence-electron chi connectivity index (χ2n) is 4.82. The highest BCUT2D eigenvalue weighted by Crippen LogP contribution is 2.29. The molecule has 2 N–H and O–H groups in total. The van der Waals surface area contributed by atoms with Gasteiger partial charge in [-0.2, -0.15) is 5.10 Å². The maximum absolute atomic E-state index is 6.27. The minimum Gasteiger partial charge on any atom is -0.383 e. The number of hydrogen-bond acceptors (Lipinski definition) is 3. The van der Waals surface area contributed by atoms with Crippen LogP contribution >= 0.6 is 15.9 Å². The van der Waals surface area contributed by atoms with Crippen molar-refractivity contribution in [2.45, 2.75) is 26.8 Å². The number of rotatable bonds is 3. The summed E-state index contributed by atoms with van der Waals surface area (Å²) in [6.07, 6.45) is 4.75. The molecule has 0 saturated carbocycles. The van der Waals surface area contributed by atoms with Gasteiger partial charge in [-0.25, -0.2) is 4.98 Å². The van der Waals surface area contributed by atoms with Gasteiger partial charge in [0.1, 0.15) is 17.2 Å². The molecule has 3 aromatic rings. The molecule has 0 unspecified atom stereocenters. The van der Waals surface area contributed by atoms with Crippen LogP contribution in [0.2, 0.25) is 0 Å². The zero-order valence-electron chi connectivity index (χ0n) is 11.5. The maximum Gasteiger partial charge on any atom is 0.142 e. The summed E-state index contributed by atoms with van der Waals surface area (Å²) in [5.74, 6) is 0.641. The van der Waals surface area contributed by atoms with Gasteiger partial charge < -0.3 is 5.73 Å². The molecule has 0 bridgehead atoms. The molecule has 20 heavy (non-hydrogen) atoms. The van der Waals surface area contributed by atoms with E-state index in [9.17, 15) is 0 Å². The Morgan fingerprint density at radius 2 is 2.20 bits per heavy atom. The second-order valence-corrected chi connectivity index (χ2v) is 5.74. The number of nitrogens with two attached hydrogens (primary N) is 1. The average molecular weight is 334 g/mol. The third-order valence-corrected chi connectivity index (χ3v) is 3.74. The zero-order valence-corrected chi connectivity index (χ0v) is 13.1. The number of aromatic nitrogens is 4. The van der Waals surface area contributed by atoms with Crippen LogP contribution in [0.5, 0.6) is 0 Å². The van der Waals surface area contributed by atoms with Crippen LogP contribution in [-0.4, -0.2) is 19.2 Å². The first kappa shape index (κ1) is 13.2. The molecule has 5 nitrogen and oxygen atoms in total. The van der Waals surface area contributed by atoms with Crippen molar-refractivity contribution in [2.75, 3.05) is 5.73 Å². The van der Waals surface area contributed by atoms with E-state index < -0.39 is 0 Å². The highest BCUT2D eigenvalue weighted by molar-refractivity contribution is 9.10. The summed E-state index contributed by atoms with van der Waals surface area (Å²) in [6, 6.07) is 3.99. The highest BCUT2D eigenvalue weighted by Gasteiger charge is 2.16. The molecule has 0 amide bonds. The van der Waals surface area contributed by atoms with Crippen molar-refractivity contribution >= 4 is 27.4 Å². The first-order valence-electron chi connectivity index (χ1n) is 6.57. The van der Waals surface area contributed by atoms with Gasteiger partial charge >= 0.3 is 0 Å². The quantitative estimate of drug-likeness (QED) is 0.800. The summed E-state index contributed by atoms with van der Waals surface area (Å²) in [4.78, 5) is 4.69. The highest BCUT2D eigenvalue weighted by atomic mass is 79.9. The lowest BCUT2D eigenvalue weighted by atomic mass is 10.3. The Balaban J connectivity index is 2.24. The topological polar surface area (TPSA) is 61.1 Å². The Labute approximate surface area is 125 Å². The van der Waals surface area contributed by atoms with Crippen LogP contribution in [-0.2, 0) is 6.54 Å². The largest absolute Gasteiger partial charge is 0.383 e. The SMILES string of the molecule is CCCn1nccc1-c1nc2c(C)cc(Br)cn2c1N. The fourth-order valence-electron chi connectivity index (χ4n) is 2.40. The lowest BCUT2D eigenvalue weighted by molar-refractivity contribution is 0.608. The van der Waals surface area contributed by atoms with Crippen LogP contribution in [0.15, 0.2) is 29.0 Å². The Hall–Kier alpha value is -1.82. The number of halogens is 1. The molecule has 3 heterocycles. The molecule has 0 aliphatic rings. The number of anilines is 1. The van der Waals surface area contributed by atoms with Crippen molar-refractivity contribution in [2.24, 2.45) is 0 Å². The van der Waals surface area contributed by atoms with Crippen LogP contribution in [0.25, 0.3) is 17.0 Å². The molecule has 0 aliphatic carbocycles. The van der Waals surface area contributed by atoms with Crippen molar-refractivity contribution in [3.63, 3.8) is 0 Å². The van der Waals surface area contributed by atoms with Gasteiger partial charge in [0.2, 0.25) is 0 Å². The Bertz CT molecular complexity index is 771. The Kier molecular flexibility index (Phi) is 3.25. The van der Waals surface area contributed by atoms with Gasteiger partial charge in [-0.1, -0.05) is 6.92 Å². The summed E-state index contributed by atoms with van der Waals surface area (Å²) < 4.78 is 4.85. The predicted octanol–water partition coefficient (Wildman–Crippen LogP) is 3.26. The van der Waals surface area contributed by atoms with Gasteiger partial charge in [0.25, 0.3) is 0 Å². The van der Waals surface area contributed by atoms with Crippen LogP contribution in [0.3, 0.4) is 0 Å². The number of imidazole rings is 1. The lowest BCUT2D eigenvalue weighted by Gasteiger charge is -2.04. The molecule has 0 aliphatic heterocycles. The van der Waals surface area contributed by atoms with Gasteiger partial charge in [0.15, 0.2) is 0 Å². The Morgan fingerprint density at radius 3 is 2.95 bits per heavy atom. The number of nitrogens with zero attached hydrogens (tertiary/aromatic N) is 4. The molecule has 0 radical (unpaired) electrons. The molecular weight excluding hydrogens is 318 g/mol. The number of aryl methyl sites for hydroxylation is 2. The smallest absolute Gasteiger partial charge is 0.142 e. The molecule has 3 aromatic heterocycles. The number of hydrogen-bond donors (Lipinski definition) is 1. The first-order chi connectivity index (χ1) is 9.61. The van der Waals surface area contributed by atoms with Crippen LogP contribution in [0.1, 0.15) is 18.9 Å². The van der Waals surface area contributed by atoms with E-state index in [-0.39, 0.29) is 0 Å². The second kappa shape index (κ2) is 4.94. The van der Waals surface area contributed by atoms with E-state index in [4.69, 9.17) is 10.7 Å². The summed E-state index contributed by atoms with van der Waals surface area (Å²) in [5, 5.41) is 4.34. The summed E-state index contributed by atoms with van der Waals surface area (Å²) in [7, 11) is 0. The fourth-order valence-corrected chi connectivity index (χ4v) is 2.95. The van der Waals surface area contributed by atoms with Crippen molar-refractivity contribution < 1.29 is 0 Å². The van der Waals surface area contributed by atoms with Crippen molar-refractivity contribution in [1.29, 1.82) is 0 Å². The summed E-state index contributed by atoms with van der Waals surface area (Å²) >= 11 is 3.49. The van der Waals surface area contributed by atoms with E-state index in [0.717, 1.165) is 40.0 Å². The monoisotopic (exact) mass is 333 g/mol. The number of nitrogen functional groups attached to an aromatic ring is 1. The Morgan fingerprint density at radius 1 is 1.40 bits per heavy atom. The van der Waals surface area contributed by atoms with Crippen LogP contribution in [0.4, 0.5) is 5.82 Å². The third-order valence-electron chi connectivity index (χ3n) is 3.30. The molecule has 104 valence electrons. The minimum absolute atomic E-state index is 0.641. The van der Waals surface area contributed by atoms with E-state index in [1.54, 1.807) is 6.20 Å². The van der Waals surface area contributed by atoms with E-state index in [2.05, 4.69) is 28.0 Å². The van der Waals surface area contributed by atoms with E-state index in [1.165, 1.54) is 0 Å². The summed E-state index contributed by atoms with van der Waals surface area (Å²) in [6.45, 7) is 5.01. The molecular formula is C14H16BrN5. The normalized spacial score (nSPS) is 11.3. The molecule has 0 atom stereocenters. The average Bonchev–Trinajstić information content (AvgIpc) is 2.96. The van der Waals surface area contributed by atoms with E-state index in [0.29, 0.717) is 5.82 Å². The van der Waals surface area contributed by atoms with Crippen LogP contribution in [0, 0.1) is 6.92 Å². The number of fused-ring (bicyclic) bond motifs is 1. The lowest BCUT2D eigenvalue weighted by Crippen LogP contribution is -2.02. The van der Waals surface area contributed by atoms with Crippen molar-refractivity contribution in [3.8, 4) is 11.4 Å². The van der Waals surface area contributed by atoms with Gasteiger partial charge in [-0.15, -0.1) is 0 Å². The predicted molar refractivity (Wildman–Crippen MR) is 83.6 cm³/mol. The third kappa shape index (κ3) is 2.00. The van der Waals surface area contributed by atoms with E-state index in [1.807, 2.05) is 34.3 Å². The maximum atomic E-state index is 6.27. The first-order valence-corrected chi connectivity index (χ1v) is 7.37. The van der Waals surface area contributed by atoms with Crippen molar-refractivity contribution in [1.82, 2.24) is 19.2 Å². The molecule has 0 aromatic carbocycles. The molecule has 6 heteroatoms. The van der Waals surface area contributed by atoms with Gasteiger partial charge in [0.05, 0.1) is 5.69 Å². The molecule has 0 spiro atoms. The molecule has 0 fully saturated rings. The van der Waals surface area contributed by atoms with Crippen molar-refractivity contribution in [3.05, 3.63) is 34.6 Å². The fraction of sp³-hybridized carbons (Fsp3) is 0.286. The molecule has 3 rings (SSSR count). The molecule has 0 saturated heterocycles. The summed E-state index contributed by atoms with van der Waals surface area (Å²) in [5.41, 5.74) is 9.98. The van der Waals surface area contributed by atoms with Crippen LogP contribution < -0.4 is 5.73 Å². The zero-order chi connectivity index (χ0) is 14.3. The minimum atomic E-state index is 0.641.